The molecule has 0 bridgehead atoms. The molecule has 0 fully saturated rings. The molecule has 12 heavy (non-hydrogen) atoms. The molecule has 0 spiro atoms. The van der Waals surface area contributed by atoms with Gasteiger partial charge in [0.25, 0.3) is 0 Å². The number of nitrogens with one attached hydrogen (secondary N) is 1. The van der Waals surface area contributed by atoms with E-state index in [0.29, 0.717) is 6.42 Å². The molecule has 0 saturated heterocycles. The van der Waals surface area contributed by atoms with Crippen LogP contribution in [0.15, 0.2) is 12.5 Å². The zero-order valence-electron chi connectivity index (χ0n) is 6.58. The number of aromatic nitrogens is 2. The molecule has 0 aliphatic heterocycles. The van der Waals surface area contributed by atoms with Crippen LogP contribution in [0.25, 0.3) is 0 Å². The maximum Gasteiger partial charge on any atom is 0.324 e. The van der Waals surface area contributed by atoms with Crippen LogP contribution in [0.4, 0.5) is 0 Å². The van der Waals surface area contributed by atoms with Crippen molar-refractivity contribution >= 4 is 17.6 Å². The van der Waals surface area contributed by atoms with E-state index in [1.165, 1.54) is 13.4 Å². The van der Waals surface area contributed by atoms with E-state index < -0.39 is 11.3 Å². The summed E-state index contributed by atoms with van der Waals surface area (Å²) in [6.07, 6.45) is 3.57. The number of hydrogen-bond donors (Lipinski definition) is 1. The largest absolute Gasteiger partial charge is 0.468 e. The van der Waals surface area contributed by atoms with Gasteiger partial charge in [-0.2, -0.15) is 0 Å². The highest BCUT2D eigenvalue weighted by Gasteiger charge is 2.16. The molecule has 1 aromatic rings. The van der Waals surface area contributed by atoms with Gasteiger partial charge in [0.2, 0.25) is 0 Å². The molecule has 0 aliphatic rings. The van der Waals surface area contributed by atoms with Gasteiger partial charge in [-0.15, -0.1) is 11.6 Å². The summed E-state index contributed by atoms with van der Waals surface area (Å²) in [6.45, 7) is 0. The van der Waals surface area contributed by atoms with Crippen molar-refractivity contribution in [2.45, 2.75) is 11.8 Å². The average molecular weight is 189 g/mol. The summed E-state index contributed by atoms with van der Waals surface area (Å²) in [5, 5.41) is -0.643. The van der Waals surface area contributed by atoms with Gasteiger partial charge in [0.05, 0.1) is 13.4 Å². The standard InChI is InChI=1S/C7H9ClN2O2/c1-12-7(11)6(8)2-5-3-9-4-10-5/h3-4,6H,2H2,1H3,(H,9,10). The Morgan fingerprint density at radius 2 is 2.67 bits per heavy atom. The number of rotatable bonds is 3. The van der Waals surface area contributed by atoms with E-state index in [9.17, 15) is 4.79 Å². The maximum atomic E-state index is 10.8. The lowest BCUT2D eigenvalue weighted by Crippen LogP contribution is -2.18. The van der Waals surface area contributed by atoms with Gasteiger partial charge in [0.1, 0.15) is 5.38 Å². The lowest BCUT2D eigenvalue weighted by Gasteiger charge is -2.04. The molecular weight excluding hydrogens is 180 g/mol. The second-order valence-corrected chi connectivity index (χ2v) is 2.80. The van der Waals surface area contributed by atoms with E-state index in [1.54, 1.807) is 6.20 Å². The van der Waals surface area contributed by atoms with Crippen molar-refractivity contribution in [3.05, 3.63) is 18.2 Å². The number of H-pyrrole nitrogens is 1. The minimum absolute atomic E-state index is 0.411. The van der Waals surface area contributed by atoms with Gasteiger partial charge in [0.15, 0.2) is 0 Å². The Hall–Kier alpha value is -1.03. The van der Waals surface area contributed by atoms with Gasteiger partial charge in [-0.25, -0.2) is 4.98 Å². The summed E-state index contributed by atoms with van der Waals surface area (Å²) in [4.78, 5) is 17.5. The summed E-state index contributed by atoms with van der Waals surface area (Å²) in [6, 6.07) is 0. The fourth-order valence-electron chi connectivity index (χ4n) is 0.801. The van der Waals surface area contributed by atoms with Crippen molar-refractivity contribution in [1.82, 2.24) is 9.97 Å². The monoisotopic (exact) mass is 188 g/mol. The van der Waals surface area contributed by atoms with Crippen molar-refractivity contribution < 1.29 is 9.53 Å². The molecule has 0 radical (unpaired) electrons. The highest BCUT2D eigenvalue weighted by atomic mass is 35.5. The number of alkyl halides is 1. The van der Waals surface area contributed by atoms with Gasteiger partial charge in [-0.05, 0) is 0 Å². The predicted molar refractivity (Wildman–Crippen MR) is 43.9 cm³/mol. The lowest BCUT2D eigenvalue weighted by atomic mass is 10.2. The summed E-state index contributed by atoms with van der Waals surface area (Å²) in [5.74, 6) is -0.425. The third-order valence-electron chi connectivity index (χ3n) is 1.41. The van der Waals surface area contributed by atoms with E-state index >= 15 is 0 Å². The zero-order valence-corrected chi connectivity index (χ0v) is 7.34. The second kappa shape index (κ2) is 4.11. The summed E-state index contributed by atoms with van der Waals surface area (Å²) in [7, 11) is 1.31. The van der Waals surface area contributed by atoms with Crippen LogP contribution in [0.2, 0.25) is 0 Å². The van der Waals surface area contributed by atoms with Crippen molar-refractivity contribution in [2.75, 3.05) is 7.11 Å². The number of nitrogens with zero attached hydrogens (tertiary/aromatic N) is 1. The molecule has 1 N–H and O–H groups in total. The Morgan fingerprint density at radius 3 is 3.17 bits per heavy atom. The fraction of sp³-hybridized carbons (Fsp3) is 0.429. The van der Waals surface area contributed by atoms with Gasteiger partial charge in [0, 0.05) is 18.3 Å². The van der Waals surface area contributed by atoms with Gasteiger partial charge < -0.3 is 9.72 Å². The van der Waals surface area contributed by atoms with Crippen molar-refractivity contribution in [1.29, 1.82) is 0 Å². The number of carbonyl (C=O) groups excluding carboxylic acids is 1. The van der Waals surface area contributed by atoms with E-state index in [1.807, 2.05) is 0 Å². The molecule has 1 unspecified atom stereocenters. The summed E-state index contributed by atoms with van der Waals surface area (Å²) >= 11 is 5.70. The molecule has 0 aliphatic carbocycles. The van der Waals surface area contributed by atoms with Crippen LogP contribution in [0.5, 0.6) is 0 Å². The van der Waals surface area contributed by atoms with Gasteiger partial charge >= 0.3 is 5.97 Å². The minimum Gasteiger partial charge on any atom is -0.468 e. The van der Waals surface area contributed by atoms with Crippen LogP contribution < -0.4 is 0 Å². The zero-order chi connectivity index (χ0) is 8.97. The van der Waals surface area contributed by atoms with Crippen LogP contribution in [0.3, 0.4) is 0 Å². The third kappa shape index (κ3) is 2.23. The minimum atomic E-state index is -0.643. The third-order valence-corrected chi connectivity index (χ3v) is 1.74. The molecule has 0 aromatic carbocycles. The lowest BCUT2D eigenvalue weighted by molar-refractivity contribution is -0.140. The molecule has 1 aromatic heterocycles. The topological polar surface area (TPSA) is 55.0 Å². The van der Waals surface area contributed by atoms with Crippen molar-refractivity contribution in [3.8, 4) is 0 Å². The van der Waals surface area contributed by atoms with Crippen LogP contribution >= 0.6 is 11.6 Å². The normalized spacial score (nSPS) is 12.5. The summed E-state index contributed by atoms with van der Waals surface area (Å²) < 4.78 is 4.46. The average Bonchev–Trinajstić information content (AvgIpc) is 2.55. The van der Waals surface area contributed by atoms with Gasteiger partial charge in [-0.3, -0.25) is 4.79 Å². The number of aromatic amines is 1. The quantitative estimate of drug-likeness (QED) is 0.562. The van der Waals surface area contributed by atoms with Crippen molar-refractivity contribution in [2.24, 2.45) is 0 Å². The highest BCUT2D eigenvalue weighted by Crippen LogP contribution is 2.06. The van der Waals surface area contributed by atoms with Crippen molar-refractivity contribution in [3.63, 3.8) is 0 Å². The first-order chi connectivity index (χ1) is 5.74. The van der Waals surface area contributed by atoms with Crippen LogP contribution in [-0.4, -0.2) is 28.4 Å². The maximum absolute atomic E-state index is 10.8. The van der Waals surface area contributed by atoms with Crippen LogP contribution in [0, 0.1) is 0 Å². The number of imidazole rings is 1. The predicted octanol–water partition coefficient (Wildman–Crippen LogP) is 0.733. The van der Waals surface area contributed by atoms with Gasteiger partial charge in [-0.1, -0.05) is 0 Å². The SMILES string of the molecule is COC(=O)C(Cl)Cc1cnc[nH]1. The van der Waals surface area contributed by atoms with E-state index in [0.717, 1.165) is 5.69 Å². The Bertz CT molecular complexity index is 248. The molecule has 0 saturated carbocycles. The molecule has 66 valence electrons. The smallest absolute Gasteiger partial charge is 0.324 e. The Morgan fingerprint density at radius 1 is 1.92 bits per heavy atom. The summed E-state index contributed by atoms with van der Waals surface area (Å²) in [5.41, 5.74) is 0.820. The second-order valence-electron chi connectivity index (χ2n) is 2.27. The molecular formula is C7H9ClN2O2. The van der Waals surface area contributed by atoms with Crippen LogP contribution in [-0.2, 0) is 16.0 Å². The highest BCUT2D eigenvalue weighted by molar-refractivity contribution is 6.29. The first-order valence-corrected chi connectivity index (χ1v) is 3.87. The Balaban J connectivity index is 2.47. The number of methoxy groups -OCH3 is 1. The van der Waals surface area contributed by atoms with Crippen LogP contribution in [0.1, 0.15) is 5.69 Å². The molecule has 1 heterocycles. The number of carbonyl (C=O) groups is 1. The van der Waals surface area contributed by atoms with E-state index in [-0.39, 0.29) is 0 Å². The molecule has 4 nitrogen and oxygen atoms in total. The number of hydrogen-bond acceptors (Lipinski definition) is 3. The first-order valence-electron chi connectivity index (χ1n) is 3.43. The van der Waals surface area contributed by atoms with E-state index in [2.05, 4.69) is 14.7 Å². The molecule has 1 atom stereocenters. The first kappa shape index (κ1) is 9.06. The Kier molecular flexibility index (Phi) is 3.10. The van der Waals surface area contributed by atoms with E-state index in [4.69, 9.17) is 11.6 Å². The fourth-order valence-corrected chi connectivity index (χ4v) is 1.06. The number of ether oxygens (including phenoxy) is 1. The number of esters is 1. The molecule has 5 heteroatoms. The molecule has 1 rings (SSSR count). The molecule has 0 amide bonds. The Labute approximate surface area is 74.9 Å². The number of halogens is 1.